The molecule has 83 heavy (non-hydrogen) atoms. The Morgan fingerprint density at radius 2 is 0.867 bits per heavy atom. The highest BCUT2D eigenvalue weighted by Crippen LogP contribution is 2.41. The third kappa shape index (κ3) is 16.8. The smallest absolute Gasteiger partial charge is 0.410 e. The zero-order chi connectivity index (χ0) is 60.7. The van der Waals surface area contributed by atoms with Crippen molar-refractivity contribution in [2.75, 3.05) is 31.8 Å². The van der Waals surface area contributed by atoms with Crippen LogP contribution in [-0.4, -0.2) is 70.7 Å². The number of rotatable bonds is 12. The first-order valence-electron chi connectivity index (χ1n) is 28.5. The summed E-state index contributed by atoms with van der Waals surface area (Å²) in [6, 6.07) is 24.5. The van der Waals surface area contributed by atoms with Crippen molar-refractivity contribution >= 4 is 67.5 Å². The van der Waals surface area contributed by atoms with Crippen molar-refractivity contribution in [3.05, 3.63) is 146 Å². The van der Waals surface area contributed by atoms with Gasteiger partial charge >= 0.3 is 18.2 Å². The Bertz CT molecular complexity index is 3370. The quantitative estimate of drug-likeness (QED) is 0.0584. The summed E-state index contributed by atoms with van der Waals surface area (Å²) in [7, 11) is -6.30. The van der Waals surface area contributed by atoms with Crippen LogP contribution in [0.2, 0.25) is 18.1 Å². The van der Waals surface area contributed by atoms with Gasteiger partial charge in [0.05, 0.1) is 14.7 Å². The van der Waals surface area contributed by atoms with Gasteiger partial charge in [-0.2, -0.15) is 0 Å². The van der Waals surface area contributed by atoms with Crippen LogP contribution in [-0.2, 0) is 105 Å². The molecule has 4 aliphatic carbocycles. The molecule has 0 spiro atoms. The van der Waals surface area contributed by atoms with Crippen molar-refractivity contribution in [1.29, 1.82) is 0 Å². The number of amides is 5. The molecule has 450 valence electrons. The second-order valence-electron chi connectivity index (χ2n) is 24.4. The zero-order valence-electron chi connectivity index (χ0n) is 50.3. The lowest BCUT2D eigenvalue weighted by Crippen LogP contribution is -2.37. The summed E-state index contributed by atoms with van der Waals surface area (Å²) in [5.74, 6) is 0. The lowest BCUT2D eigenvalue weighted by molar-refractivity contribution is 0.0285. The molecular formula is C61H87N11O7S3Si. The SMILES string of the molecule is CN(Cc1ccc(S(N)(=O)=N[Si](C)(C)C(C)(C)C)cc1)C(=O)OC(C)(C)C.CNCc1ccc(S(N)(=O)=NC(=O)Nc2c3c(cc4c2CCC4)CCC3)cc1.CNCc1ccc(S(N)(=O)=NC(=O)Nc2c3c(cc4c2CCC4)CCC3)cc1. The van der Waals surface area contributed by atoms with Gasteiger partial charge in [0.1, 0.15) is 35.3 Å². The number of carbonyl (C=O) groups excluding carboxylic acids is 3. The predicted octanol–water partition coefficient (Wildman–Crippen LogP) is 11.4. The van der Waals surface area contributed by atoms with Gasteiger partial charge in [-0.25, -0.2) is 42.4 Å². The molecule has 10 N–H and O–H groups in total. The molecule has 0 fully saturated rings. The van der Waals surface area contributed by atoms with Gasteiger partial charge in [-0.1, -0.05) is 69.3 Å². The van der Waals surface area contributed by atoms with E-state index in [0.717, 1.165) is 105 Å². The third-order valence-electron chi connectivity index (χ3n) is 15.7. The van der Waals surface area contributed by atoms with Crippen LogP contribution in [0.25, 0.3) is 0 Å². The summed E-state index contributed by atoms with van der Waals surface area (Å²) in [6.07, 6.45) is 12.1. The summed E-state index contributed by atoms with van der Waals surface area (Å²) < 4.78 is 56.4. The number of benzene rings is 5. The average molecular weight is 1210 g/mol. The average Bonchev–Trinajstić information content (AvgIpc) is 4.40. The summed E-state index contributed by atoms with van der Waals surface area (Å²) in [5.41, 5.74) is 14.4. The molecule has 0 radical (unpaired) electrons. The van der Waals surface area contributed by atoms with Gasteiger partial charge < -0.3 is 30.9 Å². The number of hydrogen-bond donors (Lipinski definition) is 7. The molecule has 0 saturated carbocycles. The number of carbonyl (C=O) groups is 3. The van der Waals surface area contributed by atoms with E-state index in [1.807, 2.05) is 71.3 Å². The molecule has 0 aromatic heterocycles. The van der Waals surface area contributed by atoms with Gasteiger partial charge in [0, 0.05) is 38.1 Å². The minimum Gasteiger partial charge on any atom is -0.444 e. The van der Waals surface area contributed by atoms with Crippen LogP contribution in [0.4, 0.5) is 25.8 Å². The first kappa shape index (κ1) is 64.7. The summed E-state index contributed by atoms with van der Waals surface area (Å²) in [4.78, 5) is 40.0. The van der Waals surface area contributed by atoms with E-state index in [-0.39, 0.29) is 11.1 Å². The van der Waals surface area contributed by atoms with E-state index < -0.39 is 55.6 Å². The molecule has 0 heterocycles. The van der Waals surface area contributed by atoms with Crippen LogP contribution in [0.15, 0.2) is 112 Å². The van der Waals surface area contributed by atoms with Crippen LogP contribution in [0, 0.1) is 0 Å². The molecule has 3 unspecified atom stereocenters. The van der Waals surface area contributed by atoms with Crippen LogP contribution in [0.5, 0.6) is 0 Å². The monoisotopic (exact) mass is 1210 g/mol. The van der Waals surface area contributed by atoms with Crippen molar-refractivity contribution in [2.45, 2.75) is 177 Å². The van der Waals surface area contributed by atoms with Crippen molar-refractivity contribution in [3.8, 4) is 0 Å². The standard InChI is InChI=1S/2C21H26N4O2S.C19H35N3O3SSi/c2*1-23-13-14-8-10-17(11-9-14)28(22,27)25-21(26)24-20-18-6-2-4-15(18)12-16-5-3-7-19(16)20;1-18(2,3)25-17(23)22(7)14-15-10-12-16(13-11-15)26(20,24)21-27(8,9)19(4,5)6/h2*8-12,23H,2-7,13H2,1H3,(H3,22,24,25,26,27);10-13H,14H2,1-9H3,(H2,20,21,24). The number of nitrogens with one attached hydrogen (secondary N) is 4. The van der Waals surface area contributed by atoms with Crippen molar-refractivity contribution in [2.24, 2.45) is 28.2 Å². The second kappa shape index (κ2) is 26.6. The van der Waals surface area contributed by atoms with Crippen LogP contribution in [0.3, 0.4) is 0 Å². The molecule has 22 heteroatoms. The first-order chi connectivity index (χ1) is 38.9. The molecule has 9 rings (SSSR count). The highest BCUT2D eigenvalue weighted by atomic mass is 32.2. The molecular weight excluding hydrogens is 1120 g/mol. The maximum absolute atomic E-state index is 13.0. The fourth-order valence-electron chi connectivity index (χ4n) is 10.6. The van der Waals surface area contributed by atoms with Gasteiger partial charge in [-0.15, -0.1) is 8.73 Å². The number of hydrogen-bond acceptors (Lipinski definition) is 10. The maximum atomic E-state index is 13.0. The van der Waals surface area contributed by atoms with E-state index in [4.69, 9.17) is 20.2 Å². The number of urea groups is 2. The molecule has 18 nitrogen and oxygen atoms in total. The summed E-state index contributed by atoms with van der Waals surface area (Å²) >= 11 is 0. The Kier molecular flexibility index (Phi) is 20.8. The molecule has 0 bridgehead atoms. The van der Waals surface area contributed by atoms with Gasteiger partial charge in [0.25, 0.3) is 0 Å². The fraction of sp³-hybridized carbons (Fsp3) is 0.459. The van der Waals surface area contributed by atoms with Gasteiger partial charge in [-0.05, 0) is 228 Å². The highest BCUT2D eigenvalue weighted by Gasteiger charge is 2.37. The van der Waals surface area contributed by atoms with Crippen LogP contribution >= 0.6 is 0 Å². The van der Waals surface area contributed by atoms with Gasteiger partial charge in [-0.3, -0.25) is 4.03 Å². The number of aryl methyl sites for hydroxylation is 4. The van der Waals surface area contributed by atoms with E-state index >= 15 is 0 Å². The lowest BCUT2D eigenvalue weighted by Gasteiger charge is -2.32. The Morgan fingerprint density at radius 1 is 0.542 bits per heavy atom. The minimum absolute atomic E-state index is 0.0366. The molecule has 3 atom stereocenters. The van der Waals surface area contributed by atoms with Crippen molar-refractivity contribution in [1.82, 2.24) is 15.5 Å². The molecule has 5 aromatic carbocycles. The Morgan fingerprint density at radius 3 is 1.18 bits per heavy atom. The number of nitrogens with zero attached hydrogens (tertiary/aromatic N) is 4. The molecule has 0 aliphatic heterocycles. The number of ether oxygens (including phenoxy) is 1. The molecule has 5 amide bonds. The van der Waals surface area contributed by atoms with E-state index in [1.165, 1.54) is 49.4 Å². The highest BCUT2D eigenvalue weighted by molar-refractivity contribution is 7.92. The van der Waals surface area contributed by atoms with Crippen molar-refractivity contribution in [3.63, 3.8) is 0 Å². The Hall–Kier alpha value is -5.82. The fourth-order valence-corrected chi connectivity index (χ4v) is 17.2. The lowest BCUT2D eigenvalue weighted by atomic mass is 9.99. The van der Waals surface area contributed by atoms with Crippen molar-refractivity contribution < 1.29 is 31.7 Å². The number of nitrogens with two attached hydrogens (primary N) is 3. The minimum atomic E-state index is -3.30. The Labute approximate surface area is 494 Å². The molecule has 0 saturated heterocycles. The van der Waals surface area contributed by atoms with Gasteiger partial charge in [0.2, 0.25) is 0 Å². The number of fused-ring (bicyclic) bond motifs is 4. The third-order valence-corrected chi connectivity index (χ3v) is 26.0. The zero-order valence-corrected chi connectivity index (χ0v) is 53.7. The molecule has 4 aliphatic rings. The summed E-state index contributed by atoms with van der Waals surface area (Å²) in [5, 5.41) is 29.9. The molecule has 5 aromatic rings. The van der Waals surface area contributed by atoms with E-state index in [9.17, 15) is 27.0 Å². The Balaban J connectivity index is 0.000000179. The van der Waals surface area contributed by atoms with Gasteiger partial charge in [0.15, 0.2) is 8.24 Å². The maximum Gasteiger partial charge on any atom is 0.410 e. The topological polar surface area (TPSA) is 278 Å². The number of anilines is 2. The summed E-state index contributed by atoms with van der Waals surface area (Å²) in [6.45, 7) is 17.7. The normalized spacial score (nSPS) is 16.3. The van der Waals surface area contributed by atoms with E-state index in [1.54, 1.807) is 43.4 Å². The van der Waals surface area contributed by atoms with E-state index in [2.05, 4.69) is 80.0 Å². The van der Waals surface area contributed by atoms with E-state index in [0.29, 0.717) is 34.3 Å². The largest absolute Gasteiger partial charge is 0.444 e. The van der Waals surface area contributed by atoms with Crippen LogP contribution in [0.1, 0.15) is 128 Å². The van der Waals surface area contributed by atoms with Crippen LogP contribution < -0.4 is 36.7 Å². The first-order valence-corrected chi connectivity index (χ1v) is 36.2. The predicted molar refractivity (Wildman–Crippen MR) is 338 cm³/mol. The second-order valence-corrected chi connectivity index (χ2v) is 35.0.